The van der Waals surface area contributed by atoms with Crippen molar-refractivity contribution in [1.29, 1.82) is 0 Å². The molecule has 8 heteroatoms. The van der Waals surface area contributed by atoms with Crippen molar-refractivity contribution in [3.63, 3.8) is 0 Å². The van der Waals surface area contributed by atoms with Crippen molar-refractivity contribution in [3.05, 3.63) is 54.6 Å². The van der Waals surface area contributed by atoms with Crippen LogP contribution in [0, 0.1) is 6.92 Å². The number of aryl methyl sites for hydroxylation is 1. The molecule has 0 aliphatic carbocycles. The third-order valence-corrected chi connectivity index (χ3v) is 2.62. The minimum atomic E-state index is -0.407. The van der Waals surface area contributed by atoms with Gasteiger partial charge in [-0.3, -0.25) is 5.10 Å². The number of esters is 1. The van der Waals surface area contributed by atoms with Crippen molar-refractivity contribution in [2.24, 2.45) is 0 Å². The summed E-state index contributed by atoms with van der Waals surface area (Å²) in [5, 5.41) is 6.93. The molecular formula is C15H16N6O2. The van der Waals surface area contributed by atoms with Crippen LogP contribution in [0.5, 0.6) is 0 Å². The molecule has 23 heavy (non-hydrogen) atoms. The van der Waals surface area contributed by atoms with Gasteiger partial charge in [0.15, 0.2) is 5.69 Å². The van der Waals surface area contributed by atoms with Gasteiger partial charge >= 0.3 is 5.97 Å². The molecule has 3 aromatic rings. The van der Waals surface area contributed by atoms with Gasteiger partial charge < -0.3 is 4.74 Å². The molecule has 0 spiro atoms. The lowest BCUT2D eigenvalue weighted by atomic mass is 10.3. The highest BCUT2D eigenvalue weighted by Crippen LogP contribution is 2.12. The number of rotatable bonds is 3. The average Bonchev–Trinajstić information content (AvgIpc) is 3.04. The number of hydrogen-bond donors (Lipinski definition) is 1. The van der Waals surface area contributed by atoms with Crippen molar-refractivity contribution < 1.29 is 9.53 Å². The molecule has 0 unspecified atom stereocenters. The number of carbonyl (C=O) groups excluding carboxylic acids is 1. The fourth-order valence-electron chi connectivity index (χ4n) is 1.61. The van der Waals surface area contributed by atoms with Gasteiger partial charge in [0, 0.05) is 18.1 Å². The Morgan fingerprint density at radius 3 is 2.39 bits per heavy atom. The fourth-order valence-corrected chi connectivity index (χ4v) is 1.61. The highest BCUT2D eigenvalue weighted by atomic mass is 16.5. The maximum Gasteiger partial charge on any atom is 0.357 e. The van der Waals surface area contributed by atoms with Gasteiger partial charge in [-0.15, -0.1) is 0 Å². The molecule has 8 nitrogen and oxygen atoms in total. The topological polar surface area (TPSA) is 107 Å². The van der Waals surface area contributed by atoms with Crippen molar-refractivity contribution >= 4 is 5.97 Å². The normalized spacial score (nSPS) is 9.65. The number of nitrogens with one attached hydrogen (secondary N) is 1. The second-order valence-corrected chi connectivity index (χ2v) is 4.35. The van der Waals surface area contributed by atoms with Crippen LogP contribution in [0.3, 0.4) is 0 Å². The van der Waals surface area contributed by atoms with Crippen molar-refractivity contribution in [3.8, 4) is 11.4 Å². The molecule has 118 valence electrons. The Kier molecular flexibility index (Phi) is 5.87. The van der Waals surface area contributed by atoms with E-state index in [-0.39, 0.29) is 0 Å². The van der Waals surface area contributed by atoms with Crippen molar-refractivity contribution in [1.82, 2.24) is 30.1 Å². The molecule has 0 radical (unpaired) electrons. The second kappa shape index (κ2) is 8.32. The largest absolute Gasteiger partial charge is 0.461 e. The predicted molar refractivity (Wildman–Crippen MR) is 82.3 cm³/mol. The second-order valence-electron chi connectivity index (χ2n) is 4.35. The summed E-state index contributed by atoms with van der Waals surface area (Å²) in [5.74, 6) is -0.407. The smallest absolute Gasteiger partial charge is 0.357 e. The summed E-state index contributed by atoms with van der Waals surface area (Å²) in [5.41, 5.74) is 3.02. The van der Waals surface area contributed by atoms with E-state index in [1.54, 1.807) is 13.1 Å². The van der Waals surface area contributed by atoms with Gasteiger partial charge in [0.1, 0.15) is 18.3 Å². The van der Waals surface area contributed by atoms with Crippen molar-refractivity contribution in [2.75, 3.05) is 6.61 Å². The number of ether oxygens (including phenoxy) is 1. The lowest BCUT2D eigenvalue weighted by Gasteiger charge is -1.97. The molecule has 1 N–H and O–H groups in total. The Bertz CT molecular complexity index is 730. The number of hydrogen-bond acceptors (Lipinski definition) is 7. The monoisotopic (exact) mass is 312 g/mol. The van der Waals surface area contributed by atoms with E-state index in [4.69, 9.17) is 4.74 Å². The summed E-state index contributed by atoms with van der Waals surface area (Å²) in [6.07, 6.45) is 6.02. The number of nitrogens with zero attached hydrogens (tertiary/aromatic N) is 5. The van der Waals surface area contributed by atoms with E-state index < -0.39 is 5.97 Å². The molecule has 3 rings (SSSR count). The van der Waals surface area contributed by atoms with Gasteiger partial charge in [-0.1, -0.05) is 0 Å². The standard InChI is InChI=1S/C8H8N4.C7H8N2O2/c1-6-4-8(12-11-6)7-2-3-9-5-10-7;1-2-11-7(10)6-3-4-8-5-9-6/h2-5H,1H3,(H,11,12);3-5H,2H2,1H3. The number of aromatic nitrogens is 6. The Morgan fingerprint density at radius 1 is 1.13 bits per heavy atom. The van der Waals surface area contributed by atoms with E-state index in [0.717, 1.165) is 17.1 Å². The van der Waals surface area contributed by atoms with Crippen LogP contribution in [-0.2, 0) is 4.74 Å². The van der Waals surface area contributed by atoms with E-state index in [1.807, 2.05) is 19.1 Å². The lowest BCUT2D eigenvalue weighted by Crippen LogP contribution is -2.06. The minimum absolute atomic E-state index is 0.293. The molecular weight excluding hydrogens is 296 g/mol. The Morgan fingerprint density at radius 2 is 1.87 bits per heavy atom. The Labute approximate surface area is 133 Å². The van der Waals surface area contributed by atoms with Gasteiger partial charge in [0.25, 0.3) is 0 Å². The first-order chi connectivity index (χ1) is 11.2. The number of H-pyrrole nitrogens is 1. The quantitative estimate of drug-likeness (QED) is 0.735. The summed E-state index contributed by atoms with van der Waals surface area (Å²) in [7, 11) is 0. The van der Waals surface area contributed by atoms with E-state index in [9.17, 15) is 4.79 Å². The van der Waals surface area contributed by atoms with Gasteiger partial charge in [0.2, 0.25) is 0 Å². The first-order valence-corrected chi connectivity index (χ1v) is 6.92. The summed E-state index contributed by atoms with van der Waals surface area (Å²) in [6, 6.07) is 5.29. The van der Waals surface area contributed by atoms with Crippen LogP contribution >= 0.6 is 0 Å². The SMILES string of the molecule is CCOC(=O)c1ccncn1.Cc1cc(-c2ccncn2)n[nH]1. The fraction of sp³-hybridized carbons (Fsp3) is 0.200. The molecule has 0 aliphatic heterocycles. The summed E-state index contributed by atoms with van der Waals surface area (Å²) >= 11 is 0. The van der Waals surface area contributed by atoms with E-state index >= 15 is 0 Å². The molecule has 3 aromatic heterocycles. The van der Waals surface area contributed by atoms with Crippen LogP contribution in [-0.4, -0.2) is 42.7 Å². The van der Waals surface area contributed by atoms with E-state index in [1.165, 1.54) is 24.9 Å². The highest BCUT2D eigenvalue weighted by molar-refractivity contribution is 5.86. The molecule has 0 bridgehead atoms. The zero-order chi connectivity index (χ0) is 16.5. The summed E-state index contributed by atoms with van der Waals surface area (Å²) in [6.45, 7) is 4.07. The van der Waals surface area contributed by atoms with Gasteiger partial charge in [-0.25, -0.2) is 24.7 Å². The van der Waals surface area contributed by atoms with E-state index in [2.05, 4.69) is 30.1 Å². The average molecular weight is 312 g/mol. The van der Waals surface area contributed by atoms with Gasteiger partial charge in [0.05, 0.1) is 12.3 Å². The molecule has 0 aliphatic rings. The highest BCUT2D eigenvalue weighted by Gasteiger charge is 2.05. The first-order valence-electron chi connectivity index (χ1n) is 6.92. The van der Waals surface area contributed by atoms with Crippen LogP contribution in [0.25, 0.3) is 11.4 Å². The van der Waals surface area contributed by atoms with Gasteiger partial charge in [-0.2, -0.15) is 5.10 Å². The summed E-state index contributed by atoms with van der Waals surface area (Å²) < 4.78 is 4.70. The van der Waals surface area contributed by atoms with Crippen LogP contribution in [0.2, 0.25) is 0 Å². The molecule has 0 aromatic carbocycles. The molecule has 0 fully saturated rings. The third-order valence-electron chi connectivity index (χ3n) is 2.62. The van der Waals surface area contributed by atoms with Crippen LogP contribution in [0.4, 0.5) is 0 Å². The first kappa shape index (κ1) is 16.2. The molecule has 0 saturated heterocycles. The van der Waals surface area contributed by atoms with Gasteiger partial charge in [-0.05, 0) is 32.0 Å². The minimum Gasteiger partial charge on any atom is -0.461 e. The maximum atomic E-state index is 10.9. The third kappa shape index (κ3) is 4.95. The van der Waals surface area contributed by atoms with E-state index in [0.29, 0.717) is 12.3 Å². The Hall–Kier alpha value is -3.16. The number of aromatic amines is 1. The maximum absolute atomic E-state index is 10.9. The lowest BCUT2D eigenvalue weighted by molar-refractivity contribution is 0.0519. The van der Waals surface area contributed by atoms with Crippen LogP contribution in [0.15, 0.2) is 43.2 Å². The molecule has 0 atom stereocenters. The predicted octanol–water partition coefficient (Wildman–Crippen LogP) is 1.83. The zero-order valence-electron chi connectivity index (χ0n) is 12.8. The molecule has 0 saturated carbocycles. The van der Waals surface area contributed by atoms with Crippen molar-refractivity contribution in [2.45, 2.75) is 13.8 Å². The number of carbonyl (C=O) groups is 1. The Balaban J connectivity index is 0.000000168. The zero-order valence-corrected chi connectivity index (χ0v) is 12.8. The van der Waals surface area contributed by atoms with Crippen LogP contribution in [0.1, 0.15) is 23.1 Å². The van der Waals surface area contributed by atoms with Crippen LogP contribution < -0.4 is 0 Å². The molecule has 3 heterocycles. The summed E-state index contributed by atoms with van der Waals surface area (Å²) in [4.78, 5) is 26.2. The molecule has 0 amide bonds.